The molecule has 0 spiro atoms. The van der Waals surface area contributed by atoms with Crippen LogP contribution in [0.3, 0.4) is 0 Å². The first-order valence-electron chi connectivity index (χ1n) is 9.98. The maximum atomic E-state index is 13.2. The average molecular weight is 373 g/mol. The number of piperidine rings is 1. The summed E-state index contributed by atoms with van der Waals surface area (Å²) in [5, 5.41) is 1.52. The molecule has 2 aliphatic rings. The maximum absolute atomic E-state index is 13.2. The van der Waals surface area contributed by atoms with Gasteiger partial charge in [-0.1, -0.05) is 30.3 Å². The lowest BCUT2D eigenvalue weighted by Crippen LogP contribution is -2.53. The SMILES string of the molecule is O=C(Cc1cc2ccccc2c(=O)[nH]1)N1CC2CCCCN2c2ccccc21. The Hall–Kier alpha value is -3.08. The van der Waals surface area contributed by atoms with Crippen molar-refractivity contribution in [2.24, 2.45) is 0 Å². The van der Waals surface area contributed by atoms with Crippen molar-refractivity contribution in [3.63, 3.8) is 0 Å². The molecule has 1 saturated heterocycles. The Morgan fingerprint density at radius 3 is 2.71 bits per heavy atom. The first-order chi connectivity index (χ1) is 13.7. The lowest BCUT2D eigenvalue weighted by molar-refractivity contribution is -0.118. The van der Waals surface area contributed by atoms with Crippen molar-refractivity contribution in [1.82, 2.24) is 4.98 Å². The van der Waals surface area contributed by atoms with E-state index in [2.05, 4.69) is 16.0 Å². The molecule has 0 bridgehead atoms. The van der Waals surface area contributed by atoms with Crippen LogP contribution in [0.5, 0.6) is 0 Å². The molecule has 3 aromatic rings. The molecular formula is C23H23N3O2. The molecule has 1 N–H and O–H groups in total. The largest absolute Gasteiger partial charge is 0.365 e. The maximum Gasteiger partial charge on any atom is 0.256 e. The molecule has 5 nitrogen and oxygen atoms in total. The Morgan fingerprint density at radius 2 is 1.82 bits per heavy atom. The number of para-hydroxylation sites is 2. The summed E-state index contributed by atoms with van der Waals surface area (Å²) in [4.78, 5) is 32.9. The van der Waals surface area contributed by atoms with Crippen LogP contribution >= 0.6 is 0 Å². The van der Waals surface area contributed by atoms with Gasteiger partial charge in [0.15, 0.2) is 0 Å². The van der Waals surface area contributed by atoms with Crippen LogP contribution in [0.15, 0.2) is 59.4 Å². The molecular weight excluding hydrogens is 350 g/mol. The van der Waals surface area contributed by atoms with E-state index in [1.807, 2.05) is 47.4 Å². The Kier molecular flexibility index (Phi) is 4.15. The van der Waals surface area contributed by atoms with Crippen LogP contribution in [0.4, 0.5) is 11.4 Å². The van der Waals surface area contributed by atoms with Crippen LogP contribution in [0.25, 0.3) is 10.8 Å². The van der Waals surface area contributed by atoms with Gasteiger partial charge in [-0.15, -0.1) is 0 Å². The van der Waals surface area contributed by atoms with Crippen molar-refractivity contribution in [1.29, 1.82) is 0 Å². The number of carbonyl (C=O) groups excluding carboxylic acids is 1. The summed E-state index contributed by atoms with van der Waals surface area (Å²) in [5.41, 5.74) is 2.66. The van der Waals surface area contributed by atoms with Crippen LogP contribution in [0, 0.1) is 0 Å². The van der Waals surface area contributed by atoms with Gasteiger partial charge in [-0.25, -0.2) is 0 Å². The zero-order chi connectivity index (χ0) is 19.1. The van der Waals surface area contributed by atoms with Crippen molar-refractivity contribution >= 4 is 28.1 Å². The van der Waals surface area contributed by atoms with Gasteiger partial charge in [0.05, 0.1) is 17.8 Å². The molecule has 5 rings (SSSR count). The van der Waals surface area contributed by atoms with E-state index < -0.39 is 0 Å². The zero-order valence-electron chi connectivity index (χ0n) is 15.7. The molecule has 0 saturated carbocycles. The first kappa shape index (κ1) is 17.0. The van der Waals surface area contributed by atoms with Crippen molar-refractivity contribution < 1.29 is 4.79 Å². The molecule has 28 heavy (non-hydrogen) atoms. The molecule has 0 aliphatic carbocycles. The monoisotopic (exact) mass is 373 g/mol. The van der Waals surface area contributed by atoms with E-state index in [0.717, 1.165) is 29.7 Å². The second kappa shape index (κ2) is 6.82. The summed E-state index contributed by atoms with van der Waals surface area (Å²) in [6, 6.07) is 17.9. The number of amides is 1. The molecule has 1 atom stereocenters. The van der Waals surface area contributed by atoms with E-state index in [9.17, 15) is 9.59 Å². The molecule has 3 heterocycles. The molecule has 142 valence electrons. The molecule has 1 unspecified atom stereocenters. The number of nitrogens with zero attached hydrogens (tertiary/aromatic N) is 2. The number of pyridine rings is 1. The van der Waals surface area contributed by atoms with Gasteiger partial charge in [-0.05, 0) is 48.9 Å². The van der Waals surface area contributed by atoms with Gasteiger partial charge >= 0.3 is 0 Å². The third-order valence-corrected chi connectivity index (χ3v) is 5.95. The lowest BCUT2D eigenvalue weighted by Gasteiger charge is -2.46. The highest BCUT2D eigenvalue weighted by atomic mass is 16.2. The van der Waals surface area contributed by atoms with E-state index in [-0.39, 0.29) is 17.9 Å². The molecule has 0 radical (unpaired) electrons. The van der Waals surface area contributed by atoms with E-state index in [1.165, 1.54) is 12.8 Å². The van der Waals surface area contributed by atoms with Gasteiger partial charge in [0.1, 0.15) is 0 Å². The topological polar surface area (TPSA) is 56.4 Å². The number of rotatable bonds is 2. The Balaban J connectivity index is 1.47. The number of benzene rings is 2. The van der Waals surface area contributed by atoms with Gasteiger partial charge in [-0.2, -0.15) is 0 Å². The highest BCUT2D eigenvalue weighted by molar-refractivity contribution is 5.99. The van der Waals surface area contributed by atoms with Gasteiger partial charge < -0.3 is 14.8 Å². The molecule has 1 fully saturated rings. The van der Waals surface area contributed by atoms with Crippen molar-refractivity contribution in [2.75, 3.05) is 22.9 Å². The third kappa shape index (κ3) is 2.87. The van der Waals surface area contributed by atoms with Gasteiger partial charge in [0, 0.05) is 30.2 Å². The minimum atomic E-state index is -0.140. The number of nitrogens with one attached hydrogen (secondary N) is 1. The van der Waals surface area contributed by atoms with Crippen LogP contribution in [-0.4, -0.2) is 30.0 Å². The lowest BCUT2D eigenvalue weighted by atomic mass is 9.96. The standard InChI is InChI=1S/C23H23N3O2/c27-22(14-17-13-16-7-1-2-9-19(16)23(28)24-17)26-15-18-8-5-6-12-25(18)20-10-3-4-11-21(20)26/h1-4,7,9-11,13,18H,5-6,8,12,14-15H2,(H,24,28). The van der Waals surface area contributed by atoms with E-state index in [1.54, 1.807) is 6.07 Å². The average Bonchev–Trinajstić information content (AvgIpc) is 2.73. The summed E-state index contributed by atoms with van der Waals surface area (Å²) in [6.07, 6.45) is 3.73. The third-order valence-electron chi connectivity index (χ3n) is 5.95. The van der Waals surface area contributed by atoms with Gasteiger partial charge in [-0.3, -0.25) is 9.59 Å². The normalized spacial score (nSPS) is 18.6. The number of aromatic amines is 1. The van der Waals surface area contributed by atoms with Crippen LogP contribution in [0.1, 0.15) is 25.0 Å². The van der Waals surface area contributed by atoms with Crippen LogP contribution in [-0.2, 0) is 11.2 Å². The zero-order valence-corrected chi connectivity index (χ0v) is 15.7. The minimum Gasteiger partial charge on any atom is -0.365 e. The smallest absolute Gasteiger partial charge is 0.256 e. The summed E-state index contributed by atoms with van der Waals surface area (Å²) in [6.45, 7) is 1.77. The van der Waals surface area contributed by atoms with Crippen molar-refractivity contribution in [3.8, 4) is 0 Å². The predicted octanol–water partition coefficient (Wildman–Crippen LogP) is 3.48. The number of aromatic nitrogens is 1. The molecule has 1 amide bonds. The predicted molar refractivity (Wildman–Crippen MR) is 112 cm³/mol. The Bertz CT molecular complexity index is 1100. The molecule has 5 heteroatoms. The van der Waals surface area contributed by atoms with Crippen LogP contribution < -0.4 is 15.4 Å². The summed E-state index contributed by atoms with van der Waals surface area (Å²) >= 11 is 0. The van der Waals surface area contributed by atoms with E-state index in [0.29, 0.717) is 23.7 Å². The number of hydrogen-bond acceptors (Lipinski definition) is 3. The fourth-order valence-corrected chi connectivity index (χ4v) is 4.61. The van der Waals surface area contributed by atoms with Crippen molar-refractivity contribution in [2.45, 2.75) is 31.7 Å². The number of carbonyl (C=O) groups is 1. The molecule has 2 aliphatic heterocycles. The summed E-state index contributed by atoms with van der Waals surface area (Å²) < 4.78 is 0. The molecule has 2 aromatic carbocycles. The van der Waals surface area contributed by atoms with E-state index >= 15 is 0 Å². The fourth-order valence-electron chi connectivity index (χ4n) is 4.61. The highest BCUT2D eigenvalue weighted by Crippen LogP contribution is 2.38. The number of H-pyrrole nitrogens is 1. The summed E-state index contributed by atoms with van der Waals surface area (Å²) in [5.74, 6) is 0.0311. The second-order valence-corrected chi connectivity index (χ2v) is 7.72. The summed E-state index contributed by atoms with van der Waals surface area (Å²) in [7, 11) is 0. The Labute approximate surface area is 163 Å². The number of fused-ring (bicyclic) bond motifs is 4. The fraction of sp³-hybridized carbons (Fsp3) is 0.304. The van der Waals surface area contributed by atoms with Crippen molar-refractivity contribution in [3.05, 3.63) is 70.6 Å². The Morgan fingerprint density at radius 1 is 1.04 bits per heavy atom. The minimum absolute atomic E-state index is 0.0311. The number of anilines is 2. The van der Waals surface area contributed by atoms with Gasteiger partial charge in [0.2, 0.25) is 5.91 Å². The van der Waals surface area contributed by atoms with Gasteiger partial charge in [0.25, 0.3) is 5.56 Å². The highest BCUT2D eigenvalue weighted by Gasteiger charge is 2.34. The second-order valence-electron chi connectivity index (χ2n) is 7.72. The first-order valence-corrected chi connectivity index (χ1v) is 9.98. The quantitative estimate of drug-likeness (QED) is 0.748. The number of hydrogen-bond donors (Lipinski definition) is 1. The molecule has 1 aromatic heterocycles. The van der Waals surface area contributed by atoms with Crippen LogP contribution in [0.2, 0.25) is 0 Å². The van der Waals surface area contributed by atoms with E-state index in [4.69, 9.17) is 0 Å².